The first-order valence-corrected chi connectivity index (χ1v) is 10.6. The Morgan fingerprint density at radius 2 is 1.75 bits per heavy atom. The lowest BCUT2D eigenvalue weighted by molar-refractivity contribution is 0.0939. The van der Waals surface area contributed by atoms with Crippen LogP contribution >= 0.6 is 0 Å². The quantitative estimate of drug-likeness (QED) is 0.444. The number of amides is 1. The largest absolute Gasteiger partial charge is 0.345 e. The van der Waals surface area contributed by atoms with E-state index in [0.717, 1.165) is 44.3 Å². The molecule has 1 amide bonds. The first-order chi connectivity index (χ1) is 15.5. The van der Waals surface area contributed by atoms with Gasteiger partial charge in [-0.05, 0) is 55.3 Å². The van der Waals surface area contributed by atoms with Crippen LogP contribution in [0, 0.1) is 6.92 Å². The molecule has 0 aliphatic rings. The van der Waals surface area contributed by atoms with Gasteiger partial charge in [0.15, 0.2) is 0 Å². The van der Waals surface area contributed by atoms with Crippen molar-refractivity contribution < 1.29 is 4.79 Å². The summed E-state index contributed by atoms with van der Waals surface area (Å²) in [5.41, 5.74) is 7.13. The minimum absolute atomic E-state index is 0.0842. The van der Waals surface area contributed by atoms with Crippen molar-refractivity contribution in [3.8, 4) is 11.3 Å². The highest BCUT2D eigenvalue weighted by molar-refractivity contribution is 5.96. The molecule has 0 aliphatic heterocycles. The normalized spacial score (nSPS) is 12.2. The number of rotatable bonds is 4. The van der Waals surface area contributed by atoms with E-state index in [9.17, 15) is 4.79 Å². The van der Waals surface area contributed by atoms with E-state index in [1.807, 2.05) is 87.6 Å². The molecule has 5 rings (SSSR count). The number of aromatic nitrogens is 4. The molecular weight excluding hydrogens is 398 g/mol. The predicted molar refractivity (Wildman–Crippen MR) is 126 cm³/mol. The fourth-order valence-electron chi connectivity index (χ4n) is 4.09. The van der Waals surface area contributed by atoms with E-state index in [-0.39, 0.29) is 11.9 Å². The minimum Gasteiger partial charge on any atom is -0.345 e. The fraction of sp³-hybridized carbons (Fsp3) is 0.154. The van der Waals surface area contributed by atoms with Crippen molar-refractivity contribution >= 4 is 27.8 Å². The number of nitrogens with one attached hydrogen (secondary N) is 1. The predicted octanol–water partition coefficient (Wildman–Crippen LogP) is 4.98. The number of carbonyl (C=O) groups excluding carboxylic acids is 1. The molecule has 158 valence electrons. The maximum absolute atomic E-state index is 12.9. The Balaban J connectivity index is 1.57. The highest BCUT2D eigenvalue weighted by Gasteiger charge is 2.17. The molecule has 0 spiro atoms. The second-order valence-electron chi connectivity index (χ2n) is 8.04. The van der Waals surface area contributed by atoms with Crippen molar-refractivity contribution in [2.75, 3.05) is 0 Å². The summed E-state index contributed by atoms with van der Waals surface area (Å²) in [4.78, 5) is 17.8. The summed E-state index contributed by atoms with van der Waals surface area (Å²) >= 11 is 0. The summed E-state index contributed by atoms with van der Waals surface area (Å²) in [5, 5.41) is 12.5. The van der Waals surface area contributed by atoms with E-state index < -0.39 is 0 Å². The van der Waals surface area contributed by atoms with Gasteiger partial charge in [0.2, 0.25) is 0 Å². The number of benzene rings is 3. The van der Waals surface area contributed by atoms with Crippen molar-refractivity contribution in [1.82, 2.24) is 25.3 Å². The Bertz CT molecular complexity index is 1470. The SMILES string of the molecule is Cc1ccccc1C(=O)NC(C)c1cc(-c2ccc3c(c2)nnn3C)nc2ccccc12. The maximum Gasteiger partial charge on any atom is 0.252 e. The van der Waals surface area contributed by atoms with Gasteiger partial charge >= 0.3 is 0 Å². The van der Waals surface area contributed by atoms with E-state index in [2.05, 4.69) is 21.7 Å². The zero-order valence-electron chi connectivity index (χ0n) is 18.2. The van der Waals surface area contributed by atoms with Gasteiger partial charge in [-0.2, -0.15) is 0 Å². The second-order valence-corrected chi connectivity index (χ2v) is 8.04. The Kier molecular flexibility index (Phi) is 4.90. The van der Waals surface area contributed by atoms with Crippen molar-refractivity contribution in [3.63, 3.8) is 0 Å². The summed E-state index contributed by atoms with van der Waals surface area (Å²) in [5.74, 6) is -0.0842. The van der Waals surface area contributed by atoms with E-state index in [1.54, 1.807) is 4.68 Å². The number of nitrogens with zero attached hydrogens (tertiary/aromatic N) is 4. The molecule has 1 N–H and O–H groups in total. The molecule has 0 radical (unpaired) electrons. The van der Waals surface area contributed by atoms with Gasteiger partial charge in [0.05, 0.1) is 22.8 Å². The van der Waals surface area contributed by atoms with E-state index >= 15 is 0 Å². The van der Waals surface area contributed by atoms with Crippen LogP contribution in [0.1, 0.15) is 34.5 Å². The van der Waals surface area contributed by atoms with Gasteiger partial charge in [0.25, 0.3) is 5.91 Å². The van der Waals surface area contributed by atoms with E-state index in [4.69, 9.17) is 4.98 Å². The summed E-state index contributed by atoms with van der Waals surface area (Å²) in [6.07, 6.45) is 0. The first kappa shape index (κ1) is 19.9. The minimum atomic E-state index is -0.200. The molecule has 1 atom stereocenters. The summed E-state index contributed by atoms with van der Waals surface area (Å²) < 4.78 is 1.75. The maximum atomic E-state index is 12.9. The zero-order chi connectivity index (χ0) is 22.2. The molecule has 3 aromatic carbocycles. The van der Waals surface area contributed by atoms with Crippen LogP contribution in [-0.4, -0.2) is 25.9 Å². The molecule has 0 saturated heterocycles. The Labute approximate surface area is 185 Å². The molecule has 6 heteroatoms. The van der Waals surface area contributed by atoms with E-state index in [1.165, 1.54) is 0 Å². The van der Waals surface area contributed by atoms with Crippen LogP contribution in [0.15, 0.2) is 72.8 Å². The van der Waals surface area contributed by atoms with Crippen LogP contribution in [0.25, 0.3) is 33.2 Å². The lowest BCUT2D eigenvalue weighted by Gasteiger charge is -2.18. The van der Waals surface area contributed by atoms with Gasteiger partial charge < -0.3 is 5.32 Å². The molecule has 1 unspecified atom stereocenters. The second kappa shape index (κ2) is 7.89. The number of carbonyl (C=O) groups is 1. The van der Waals surface area contributed by atoms with Crippen molar-refractivity contribution in [2.24, 2.45) is 7.05 Å². The van der Waals surface area contributed by atoms with Crippen molar-refractivity contribution in [1.29, 1.82) is 0 Å². The monoisotopic (exact) mass is 421 g/mol. The summed E-state index contributed by atoms with van der Waals surface area (Å²) in [7, 11) is 1.88. The van der Waals surface area contributed by atoms with Gasteiger partial charge in [-0.1, -0.05) is 47.7 Å². The average Bonchev–Trinajstić information content (AvgIpc) is 3.18. The third-order valence-corrected chi connectivity index (χ3v) is 5.86. The molecule has 0 bridgehead atoms. The van der Waals surface area contributed by atoms with Gasteiger partial charge in [0.1, 0.15) is 5.52 Å². The smallest absolute Gasteiger partial charge is 0.252 e. The number of fused-ring (bicyclic) bond motifs is 2. The van der Waals surface area contributed by atoms with E-state index in [0.29, 0.717) is 5.56 Å². The Hall–Kier alpha value is -4.06. The third kappa shape index (κ3) is 3.50. The molecule has 0 fully saturated rings. The van der Waals surface area contributed by atoms with Crippen LogP contribution in [0.4, 0.5) is 0 Å². The van der Waals surface area contributed by atoms with Crippen LogP contribution < -0.4 is 5.32 Å². The van der Waals surface area contributed by atoms with Gasteiger partial charge in [-0.3, -0.25) is 4.79 Å². The van der Waals surface area contributed by atoms with Crippen LogP contribution in [0.2, 0.25) is 0 Å². The van der Waals surface area contributed by atoms with Crippen molar-refractivity contribution in [3.05, 3.63) is 89.5 Å². The number of para-hydroxylation sites is 1. The summed E-state index contributed by atoms with van der Waals surface area (Å²) in [6.45, 7) is 3.95. The third-order valence-electron chi connectivity index (χ3n) is 5.86. The molecular formula is C26H23N5O. The lowest BCUT2D eigenvalue weighted by Crippen LogP contribution is -2.27. The molecule has 32 heavy (non-hydrogen) atoms. The highest BCUT2D eigenvalue weighted by atomic mass is 16.1. The Morgan fingerprint density at radius 1 is 0.969 bits per heavy atom. The van der Waals surface area contributed by atoms with Crippen LogP contribution in [0.5, 0.6) is 0 Å². The van der Waals surface area contributed by atoms with Gasteiger partial charge in [-0.15, -0.1) is 5.10 Å². The zero-order valence-corrected chi connectivity index (χ0v) is 18.2. The summed E-state index contributed by atoms with van der Waals surface area (Å²) in [6, 6.07) is 23.5. The topological polar surface area (TPSA) is 72.7 Å². The number of hydrogen-bond donors (Lipinski definition) is 1. The Morgan fingerprint density at radius 3 is 2.59 bits per heavy atom. The molecule has 0 saturated carbocycles. The molecule has 5 aromatic rings. The number of hydrogen-bond acceptors (Lipinski definition) is 4. The molecule has 6 nitrogen and oxygen atoms in total. The van der Waals surface area contributed by atoms with Crippen LogP contribution in [-0.2, 0) is 7.05 Å². The molecule has 2 heterocycles. The van der Waals surface area contributed by atoms with Gasteiger partial charge in [-0.25, -0.2) is 9.67 Å². The standard InChI is InChI=1S/C26H23N5O/c1-16-8-4-5-9-19(16)26(32)27-17(2)21-15-23(28-22-11-7-6-10-20(21)22)18-12-13-25-24(14-18)29-30-31(25)3/h4-15,17H,1-3H3,(H,27,32). The number of aryl methyl sites for hydroxylation is 2. The fourth-order valence-corrected chi connectivity index (χ4v) is 4.09. The first-order valence-electron chi connectivity index (χ1n) is 10.6. The van der Waals surface area contributed by atoms with Crippen LogP contribution in [0.3, 0.4) is 0 Å². The molecule has 0 aliphatic carbocycles. The average molecular weight is 422 g/mol. The van der Waals surface area contributed by atoms with Gasteiger partial charge in [0, 0.05) is 23.6 Å². The molecule has 2 aromatic heterocycles. The lowest BCUT2D eigenvalue weighted by atomic mass is 9.98. The highest BCUT2D eigenvalue weighted by Crippen LogP contribution is 2.30. The van der Waals surface area contributed by atoms with Crippen molar-refractivity contribution in [2.45, 2.75) is 19.9 Å². The number of pyridine rings is 1.